The smallest absolute Gasteiger partial charge is 0.262 e. The van der Waals surface area contributed by atoms with E-state index in [-0.39, 0.29) is 11.8 Å². The van der Waals surface area contributed by atoms with Crippen LogP contribution in [-0.2, 0) is 9.59 Å². The lowest BCUT2D eigenvalue weighted by atomic mass is 9.93. The molecular formula is C15H16N2O2. The highest BCUT2D eigenvalue weighted by Crippen LogP contribution is 2.35. The number of carbonyl (C=O) groups is 2. The van der Waals surface area contributed by atoms with Crippen molar-refractivity contribution in [1.82, 2.24) is 4.98 Å². The Labute approximate surface area is 112 Å². The van der Waals surface area contributed by atoms with Crippen molar-refractivity contribution in [2.45, 2.75) is 39.5 Å². The maximum atomic E-state index is 12.4. The van der Waals surface area contributed by atoms with Gasteiger partial charge in [-0.3, -0.25) is 9.59 Å². The van der Waals surface area contributed by atoms with E-state index in [1.54, 1.807) is 6.20 Å². The molecule has 0 spiro atoms. The Hall–Kier alpha value is -1.97. The zero-order valence-corrected chi connectivity index (χ0v) is 11.2. The summed E-state index contributed by atoms with van der Waals surface area (Å²) in [6.45, 7) is 3.83. The summed E-state index contributed by atoms with van der Waals surface area (Å²) in [5.74, 6) is 0.147. The van der Waals surface area contributed by atoms with Gasteiger partial charge in [-0.15, -0.1) is 0 Å². The van der Waals surface area contributed by atoms with Crippen molar-refractivity contribution in [2.75, 3.05) is 4.90 Å². The van der Waals surface area contributed by atoms with Gasteiger partial charge in [0.15, 0.2) is 0 Å². The lowest BCUT2D eigenvalue weighted by Gasteiger charge is -2.16. The van der Waals surface area contributed by atoms with Crippen LogP contribution in [0.5, 0.6) is 0 Å². The summed E-state index contributed by atoms with van der Waals surface area (Å²) in [4.78, 5) is 30.3. The maximum Gasteiger partial charge on any atom is 0.262 e. The van der Waals surface area contributed by atoms with Crippen LogP contribution in [0.4, 0.5) is 5.82 Å². The van der Waals surface area contributed by atoms with E-state index in [4.69, 9.17) is 0 Å². The van der Waals surface area contributed by atoms with Crippen LogP contribution in [0.3, 0.4) is 0 Å². The van der Waals surface area contributed by atoms with E-state index in [1.165, 1.54) is 4.90 Å². The molecule has 98 valence electrons. The molecule has 1 aromatic rings. The van der Waals surface area contributed by atoms with Crippen LogP contribution in [0, 0.1) is 13.8 Å². The summed E-state index contributed by atoms with van der Waals surface area (Å²) >= 11 is 0. The molecule has 0 aromatic carbocycles. The fourth-order valence-electron chi connectivity index (χ4n) is 2.87. The van der Waals surface area contributed by atoms with Crippen molar-refractivity contribution in [1.29, 1.82) is 0 Å². The van der Waals surface area contributed by atoms with Gasteiger partial charge in [-0.2, -0.15) is 0 Å². The topological polar surface area (TPSA) is 50.3 Å². The highest BCUT2D eigenvalue weighted by atomic mass is 16.2. The van der Waals surface area contributed by atoms with Gasteiger partial charge in [-0.25, -0.2) is 9.88 Å². The molecule has 0 saturated carbocycles. The number of aryl methyl sites for hydroxylation is 2. The minimum Gasteiger partial charge on any atom is -0.269 e. The number of hydrogen-bond donors (Lipinski definition) is 0. The first kappa shape index (κ1) is 12.1. The van der Waals surface area contributed by atoms with Gasteiger partial charge < -0.3 is 0 Å². The first-order valence-corrected chi connectivity index (χ1v) is 6.63. The summed E-state index contributed by atoms with van der Waals surface area (Å²) in [7, 11) is 0. The van der Waals surface area contributed by atoms with E-state index >= 15 is 0 Å². The quantitative estimate of drug-likeness (QED) is 0.725. The van der Waals surface area contributed by atoms with Gasteiger partial charge in [-0.1, -0.05) is 6.07 Å². The molecule has 0 saturated heterocycles. The SMILES string of the molecule is Cc1cnc(N2C(=O)C3=C(CCCC3)C2=O)c(C)c1. The zero-order valence-electron chi connectivity index (χ0n) is 11.2. The van der Waals surface area contributed by atoms with E-state index in [2.05, 4.69) is 4.98 Å². The molecule has 1 aliphatic carbocycles. The van der Waals surface area contributed by atoms with Crippen molar-refractivity contribution in [3.63, 3.8) is 0 Å². The number of nitrogens with zero attached hydrogens (tertiary/aromatic N) is 2. The Balaban J connectivity index is 2.04. The summed E-state index contributed by atoms with van der Waals surface area (Å²) in [6.07, 6.45) is 5.13. The minimum absolute atomic E-state index is 0.167. The lowest BCUT2D eigenvalue weighted by molar-refractivity contribution is -0.120. The van der Waals surface area contributed by atoms with Crippen molar-refractivity contribution >= 4 is 17.6 Å². The molecule has 1 aliphatic heterocycles. The van der Waals surface area contributed by atoms with Gasteiger partial charge in [-0.05, 0) is 50.7 Å². The second-order valence-corrected chi connectivity index (χ2v) is 5.26. The van der Waals surface area contributed by atoms with Gasteiger partial charge >= 0.3 is 0 Å². The molecule has 19 heavy (non-hydrogen) atoms. The Kier molecular flexibility index (Phi) is 2.73. The Morgan fingerprint density at radius 1 is 1.05 bits per heavy atom. The lowest BCUT2D eigenvalue weighted by Crippen LogP contribution is -2.33. The first-order valence-electron chi connectivity index (χ1n) is 6.63. The predicted octanol–water partition coefficient (Wildman–Crippen LogP) is 2.44. The average molecular weight is 256 g/mol. The molecule has 4 heteroatoms. The van der Waals surface area contributed by atoms with Crippen molar-refractivity contribution < 1.29 is 9.59 Å². The van der Waals surface area contributed by atoms with Gasteiger partial charge in [0, 0.05) is 17.3 Å². The van der Waals surface area contributed by atoms with E-state index < -0.39 is 0 Å². The molecule has 0 atom stereocenters. The van der Waals surface area contributed by atoms with Crippen LogP contribution < -0.4 is 4.90 Å². The number of hydrogen-bond acceptors (Lipinski definition) is 3. The molecule has 1 aromatic heterocycles. The van der Waals surface area contributed by atoms with E-state index in [1.807, 2.05) is 19.9 Å². The average Bonchev–Trinajstić information content (AvgIpc) is 2.64. The van der Waals surface area contributed by atoms with Crippen LogP contribution in [0.2, 0.25) is 0 Å². The Morgan fingerprint density at radius 2 is 1.63 bits per heavy atom. The van der Waals surface area contributed by atoms with Crippen molar-refractivity contribution in [2.24, 2.45) is 0 Å². The molecule has 0 N–H and O–H groups in total. The van der Waals surface area contributed by atoms with Gasteiger partial charge in [0.25, 0.3) is 11.8 Å². The number of imide groups is 1. The van der Waals surface area contributed by atoms with Crippen LogP contribution in [0.1, 0.15) is 36.8 Å². The molecule has 0 bridgehead atoms. The Bertz CT molecular complexity index is 589. The van der Waals surface area contributed by atoms with Crippen LogP contribution in [0.25, 0.3) is 0 Å². The molecular weight excluding hydrogens is 240 g/mol. The van der Waals surface area contributed by atoms with Crippen molar-refractivity contribution in [3.8, 4) is 0 Å². The highest BCUT2D eigenvalue weighted by Gasteiger charge is 2.40. The number of pyridine rings is 1. The van der Waals surface area contributed by atoms with E-state index in [0.717, 1.165) is 36.8 Å². The van der Waals surface area contributed by atoms with Gasteiger partial charge in [0.2, 0.25) is 0 Å². The summed E-state index contributed by atoms with van der Waals surface area (Å²) in [6, 6.07) is 1.94. The van der Waals surface area contributed by atoms with E-state index in [9.17, 15) is 9.59 Å². The second-order valence-electron chi connectivity index (χ2n) is 5.26. The fraction of sp³-hybridized carbons (Fsp3) is 0.400. The molecule has 2 heterocycles. The van der Waals surface area contributed by atoms with E-state index in [0.29, 0.717) is 17.0 Å². The summed E-state index contributed by atoms with van der Waals surface area (Å²) < 4.78 is 0. The second kappa shape index (κ2) is 4.30. The summed E-state index contributed by atoms with van der Waals surface area (Å²) in [5, 5.41) is 0. The minimum atomic E-state index is -0.167. The van der Waals surface area contributed by atoms with Crippen molar-refractivity contribution in [3.05, 3.63) is 34.5 Å². The number of amides is 2. The molecule has 0 radical (unpaired) electrons. The number of anilines is 1. The maximum absolute atomic E-state index is 12.4. The first-order chi connectivity index (χ1) is 9.09. The fourth-order valence-corrected chi connectivity index (χ4v) is 2.87. The third-order valence-electron chi connectivity index (χ3n) is 3.79. The Morgan fingerprint density at radius 3 is 2.16 bits per heavy atom. The van der Waals surface area contributed by atoms with Gasteiger partial charge in [0.05, 0.1) is 0 Å². The monoisotopic (exact) mass is 256 g/mol. The molecule has 2 amide bonds. The van der Waals surface area contributed by atoms with Crippen LogP contribution in [0.15, 0.2) is 23.4 Å². The molecule has 3 rings (SSSR count). The standard InChI is InChI=1S/C15H16N2O2/c1-9-7-10(2)13(16-8-9)17-14(18)11-5-3-4-6-12(11)15(17)19/h7-8H,3-6H2,1-2H3. The molecule has 4 nitrogen and oxygen atoms in total. The largest absolute Gasteiger partial charge is 0.269 e. The van der Waals surface area contributed by atoms with Crippen LogP contribution >= 0.6 is 0 Å². The number of aromatic nitrogens is 1. The normalized spacial score (nSPS) is 19.2. The predicted molar refractivity (Wildman–Crippen MR) is 71.7 cm³/mol. The molecule has 0 fully saturated rings. The van der Waals surface area contributed by atoms with Gasteiger partial charge in [0.1, 0.15) is 5.82 Å². The number of rotatable bonds is 1. The molecule has 2 aliphatic rings. The third kappa shape index (κ3) is 1.79. The zero-order chi connectivity index (χ0) is 13.6. The number of carbonyl (C=O) groups excluding carboxylic acids is 2. The third-order valence-corrected chi connectivity index (χ3v) is 3.79. The van der Waals surface area contributed by atoms with Crippen LogP contribution in [-0.4, -0.2) is 16.8 Å². The summed E-state index contributed by atoms with van der Waals surface area (Å²) in [5.41, 5.74) is 3.30. The molecule has 0 unspecified atom stereocenters. The highest BCUT2D eigenvalue weighted by molar-refractivity contribution is 6.32.